The zero-order valence-corrected chi connectivity index (χ0v) is 12.7. The predicted molar refractivity (Wildman–Crippen MR) is 82.4 cm³/mol. The van der Waals surface area contributed by atoms with E-state index < -0.39 is 42.5 Å². The Labute approximate surface area is 133 Å². The van der Waals surface area contributed by atoms with Gasteiger partial charge in [0.15, 0.2) is 0 Å². The van der Waals surface area contributed by atoms with Crippen molar-refractivity contribution in [2.24, 2.45) is 5.73 Å². The molecule has 0 unspecified atom stereocenters. The molecule has 0 aliphatic carbocycles. The molecule has 0 saturated carbocycles. The van der Waals surface area contributed by atoms with Crippen molar-refractivity contribution in [2.75, 3.05) is 6.54 Å². The van der Waals surface area contributed by atoms with Crippen LogP contribution in [0.1, 0.15) is 12.5 Å². The van der Waals surface area contributed by atoms with Crippen molar-refractivity contribution < 1.29 is 24.6 Å². The molecule has 0 fully saturated rings. The molecule has 0 aliphatic heterocycles. The van der Waals surface area contributed by atoms with Gasteiger partial charge in [-0.05, 0) is 12.5 Å². The number of carbonyl (C=O) groups excluding carboxylic acids is 2. The summed E-state index contributed by atoms with van der Waals surface area (Å²) in [5, 5.41) is 22.6. The maximum atomic E-state index is 12.1. The minimum absolute atomic E-state index is 0.171. The number of rotatable bonds is 8. The van der Waals surface area contributed by atoms with Crippen molar-refractivity contribution in [1.29, 1.82) is 0 Å². The lowest BCUT2D eigenvalue weighted by Crippen LogP contribution is -2.55. The predicted octanol–water partition coefficient (Wildman–Crippen LogP) is -1.38. The molecule has 1 rings (SSSR count). The molecule has 0 aromatic heterocycles. The summed E-state index contributed by atoms with van der Waals surface area (Å²) in [4.78, 5) is 34.6. The highest BCUT2D eigenvalue weighted by Gasteiger charge is 2.26. The van der Waals surface area contributed by atoms with Crippen LogP contribution in [0.25, 0.3) is 0 Å². The molecular formula is C15H21N3O5. The second-order valence-corrected chi connectivity index (χ2v) is 5.13. The number of aliphatic carboxylic acids is 1. The third-order valence-corrected chi connectivity index (χ3v) is 3.15. The molecule has 0 aliphatic rings. The normalized spacial score (nSPS) is 14.4. The van der Waals surface area contributed by atoms with Gasteiger partial charge < -0.3 is 26.6 Å². The van der Waals surface area contributed by atoms with Crippen LogP contribution in [0.4, 0.5) is 0 Å². The Balaban J connectivity index is 2.81. The Kier molecular flexibility index (Phi) is 7.17. The molecule has 23 heavy (non-hydrogen) atoms. The van der Waals surface area contributed by atoms with Crippen molar-refractivity contribution in [3.63, 3.8) is 0 Å². The summed E-state index contributed by atoms with van der Waals surface area (Å²) < 4.78 is 0. The summed E-state index contributed by atoms with van der Waals surface area (Å²) in [7, 11) is 0. The number of hydrogen-bond donors (Lipinski definition) is 5. The Morgan fingerprint density at radius 1 is 1.17 bits per heavy atom. The quantitative estimate of drug-likeness (QED) is 0.399. The first-order valence-corrected chi connectivity index (χ1v) is 7.08. The monoisotopic (exact) mass is 323 g/mol. The molecule has 1 aromatic carbocycles. The molecule has 1 aromatic rings. The first kappa shape index (κ1) is 18.6. The Hall–Kier alpha value is -2.45. The highest BCUT2D eigenvalue weighted by Crippen LogP contribution is 2.04. The average molecular weight is 323 g/mol. The zero-order chi connectivity index (χ0) is 17.4. The summed E-state index contributed by atoms with van der Waals surface area (Å²) in [6, 6.07) is 6.76. The van der Waals surface area contributed by atoms with Gasteiger partial charge in [0.05, 0.1) is 6.10 Å². The second-order valence-electron chi connectivity index (χ2n) is 5.13. The van der Waals surface area contributed by atoms with Crippen molar-refractivity contribution in [3.8, 4) is 0 Å². The van der Waals surface area contributed by atoms with E-state index in [-0.39, 0.29) is 6.42 Å². The van der Waals surface area contributed by atoms with Crippen LogP contribution in [0, 0.1) is 0 Å². The van der Waals surface area contributed by atoms with Gasteiger partial charge in [-0.15, -0.1) is 0 Å². The molecule has 0 heterocycles. The van der Waals surface area contributed by atoms with Gasteiger partial charge in [-0.3, -0.25) is 14.4 Å². The lowest BCUT2D eigenvalue weighted by Gasteiger charge is -2.21. The summed E-state index contributed by atoms with van der Waals surface area (Å²) in [6.45, 7) is 0.809. The molecule has 0 saturated heterocycles. The van der Waals surface area contributed by atoms with Crippen molar-refractivity contribution in [2.45, 2.75) is 31.5 Å². The number of nitrogens with one attached hydrogen (secondary N) is 2. The number of hydrogen-bond acceptors (Lipinski definition) is 5. The van der Waals surface area contributed by atoms with Crippen LogP contribution < -0.4 is 16.4 Å². The van der Waals surface area contributed by atoms with Gasteiger partial charge in [-0.25, -0.2) is 0 Å². The van der Waals surface area contributed by atoms with Crippen LogP contribution >= 0.6 is 0 Å². The number of benzene rings is 1. The molecule has 6 N–H and O–H groups in total. The first-order valence-electron chi connectivity index (χ1n) is 7.08. The van der Waals surface area contributed by atoms with Crippen LogP contribution in [-0.2, 0) is 20.8 Å². The highest BCUT2D eigenvalue weighted by molar-refractivity contribution is 5.91. The van der Waals surface area contributed by atoms with E-state index in [4.69, 9.17) is 10.8 Å². The van der Waals surface area contributed by atoms with E-state index in [0.29, 0.717) is 0 Å². The van der Waals surface area contributed by atoms with Crippen LogP contribution in [0.5, 0.6) is 0 Å². The number of aliphatic hydroxyl groups excluding tert-OH is 1. The number of carbonyl (C=O) groups is 3. The van der Waals surface area contributed by atoms with Crippen molar-refractivity contribution in [3.05, 3.63) is 35.9 Å². The first-order chi connectivity index (χ1) is 10.8. The Bertz CT molecular complexity index is 547. The van der Waals surface area contributed by atoms with Crippen LogP contribution in [0.15, 0.2) is 30.3 Å². The lowest BCUT2D eigenvalue weighted by atomic mass is 10.0. The minimum atomic E-state index is -1.19. The van der Waals surface area contributed by atoms with E-state index >= 15 is 0 Å². The number of carboxylic acids is 1. The Morgan fingerprint density at radius 3 is 2.30 bits per heavy atom. The van der Waals surface area contributed by atoms with E-state index in [9.17, 15) is 19.5 Å². The molecule has 0 radical (unpaired) electrons. The molecule has 8 heteroatoms. The fraction of sp³-hybridized carbons (Fsp3) is 0.400. The smallest absolute Gasteiger partial charge is 0.322 e. The highest BCUT2D eigenvalue weighted by atomic mass is 16.4. The average Bonchev–Trinajstić information content (AvgIpc) is 2.51. The van der Waals surface area contributed by atoms with E-state index in [1.807, 2.05) is 6.07 Å². The third-order valence-electron chi connectivity index (χ3n) is 3.15. The summed E-state index contributed by atoms with van der Waals surface area (Å²) in [5.41, 5.74) is 6.32. The summed E-state index contributed by atoms with van der Waals surface area (Å²) >= 11 is 0. The number of aliphatic hydroxyl groups is 1. The maximum absolute atomic E-state index is 12.1. The summed E-state index contributed by atoms with van der Waals surface area (Å²) in [5.74, 6) is -2.52. The molecule has 8 nitrogen and oxygen atoms in total. The van der Waals surface area contributed by atoms with Crippen molar-refractivity contribution >= 4 is 17.8 Å². The van der Waals surface area contributed by atoms with Crippen LogP contribution in [0.3, 0.4) is 0 Å². The molecular weight excluding hydrogens is 302 g/mol. The van der Waals surface area contributed by atoms with Crippen LogP contribution in [-0.4, -0.2) is 52.7 Å². The minimum Gasteiger partial charge on any atom is -0.480 e. The van der Waals surface area contributed by atoms with Gasteiger partial charge in [0.1, 0.15) is 18.6 Å². The van der Waals surface area contributed by atoms with Gasteiger partial charge in [0, 0.05) is 6.42 Å². The van der Waals surface area contributed by atoms with Gasteiger partial charge in [-0.2, -0.15) is 0 Å². The van der Waals surface area contributed by atoms with Crippen molar-refractivity contribution in [1.82, 2.24) is 10.6 Å². The van der Waals surface area contributed by atoms with E-state index in [1.54, 1.807) is 24.3 Å². The fourth-order valence-electron chi connectivity index (χ4n) is 1.83. The SMILES string of the molecule is C[C@@H](O)[C@H](N)C(=O)N[C@@H](Cc1ccccc1)C(=O)NCC(=O)O. The Morgan fingerprint density at radius 2 is 1.78 bits per heavy atom. The molecule has 3 atom stereocenters. The third kappa shape index (κ3) is 6.45. The van der Waals surface area contributed by atoms with Gasteiger partial charge in [0.25, 0.3) is 0 Å². The number of nitrogens with two attached hydrogens (primary N) is 1. The van der Waals surface area contributed by atoms with Crippen LogP contribution in [0.2, 0.25) is 0 Å². The van der Waals surface area contributed by atoms with E-state index in [1.165, 1.54) is 6.92 Å². The molecule has 126 valence electrons. The topological polar surface area (TPSA) is 142 Å². The number of carboxylic acid groups (broad SMARTS) is 1. The van der Waals surface area contributed by atoms with Gasteiger partial charge in [-0.1, -0.05) is 30.3 Å². The molecule has 0 bridgehead atoms. The molecule has 2 amide bonds. The van der Waals surface area contributed by atoms with Gasteiger partial charge in [0.2, 0.25) is 11.8 Å². The largest absolute Gasteiger partial charge is 0.480 e. The fourth-order valence-corrected chi connectivity index (χ4v) is 1.83. The second kappa shape index (κ2) is 8.86. The van der Waals surface area contributed by atoms with E-state index in [2.05, 4.69) is 10.6 Å². The molecule has 0 spiro atoms. The standard InChI is InChI=1S/C15H21N3O5/c1-9(19)13(16)15(23)18-11(14(22)17-8-12(20)21)7-10-5-3-2-4-6-10/h2-6,9,11,13,19H,7-8,16H2,1H3,(H,17,22)(H,18,23)(H,20,21)/t9-,11+,13+/m1/s1. The maximum Gasteiger partial charge on any atom is 0.322 e. The lowest BCUT2D eigenvalue weighted by molar-refractivity contribution is -0.138. The number of amides is 2. The summed E-state index contributed by atoms with van der Waals surface area (Å²) in [6.07, 6.45) is -0.903. The zero-order valence-electron chi connectivity index (χ0n) is 12.7. The van der Waals surface area contributed by atoms with Gasteiger partial charge >= 0.3 is 5.97 Å². The van der Waals surface area contributed by atoms with E-state index in [0.717, 1.165) is 5.56 Å².